The summed E-state index contributed by atoms with van der Waals surface area (Å²) in [5.74, 6) is 3.81. The Morgan fingerprint density at radius 2 is 1.92 bits per heavy atom. The molecule has 5 heteroatoms. The number of nitrogens with one attached hydrogen (secondary N) is 1. The van der Waals surface area contributed by atoms with E-state index < -0.39 is 0 Å². The first-order valence-corrected chi connectivity index (χ1v) is 9.20. The van der Waals surface area contributed by atoms with Crippen LogP contribution < -0.4 is 5.32 Å². The summed E-state index contributed by atoms with van der Waals surface area (Å²) in [7, 11) is 6.51. The lowest BCUT2D eigenvalue weighted by Gasteiger charge is -2.24. The van der Waals surface area contributed by atoms with Crippen molar-refractivity contribution in [2.75, 3.05) is 26.6 Å². The van der Waals surface area contributed by atoms with Crippen LogP contribution in [0.1, 0.15) is 12.2 Å². The molecule has 0 bridgehead atoms. The molecule has 1 unspecified atom stereocenters. The molecule has 0 fully saturated rings. The summed E-state index contributed by atoms with van der Waals surface area (Å²) in [6.45, 7) is 2.13. The van der Waals surface area contributed by atoms with Crippen molar-refractivity contribution >= 4 is 20.1 Å². The van der Waals surface area contributed by atoms with Crippen LogP contribution in [0.4, 0.5) is 5.69 Å². The van der Waals surface area contributed by atoms with E-state index in [0.717, 1.165) is 23.6 Å². The van der Waals surface area contributed by atoms with E-state index in [1.165, 1.54) is 24.6 Å². The van der Waals surface area contributed by atoms with Crippen LogP contribution in [-0.2, 0) is 15.9 Å². The van der Waals surface area contributed by atoms with Crippen LogP contribution in [0.25, 0.3) is 0 Å². The number of ether oxygens (including phenoxy) is 2. The Labute approximate surface area is 150 Å². The van der Waals surface area contributed by atoms with E-state index >= 15 is 0 Å². The molecule has 1 atom stereocenters. The molecule has 1 N–H and O–H groups in total. The molecule has 130 valence electrons. The SMILES string of the molecule is CNc1ccc(CC2=CC=NC3=CC(OC)=C(OC)C=C(C)C23)pc1. The predicted octanol–water partition coefficient (Wildman–Crippen LogP) is 4.83. The highest BCUT2D eigenvalue weighted by atomic mass is 31.0. The van der Waals surface area contributed by atoms with Crippen molar-refractivity contribution < 1.29 is 9.47 Å². The average molecular weight is 354 g/mol. The van der Waals surface area contributed by atoms with Crippen LogP contribution in [0.15, 0.2) is 69.5 Å². The molecule has 0 radical (unpaired) electrons. The predicted molar refractivity (Wildman–Crippen MR) is 105 cm³/mol. The molecule has 4 nitrogen and oxygen atoms in total. The highest BCUT2D eigenvalue weighted by molar-refractivity contribution is 7.30. The van der Waals surface area contributed by atoms with Crippen molar-refractivity contribution in [1.29, 1.82) is 0 Å². The minimum atomic E-state index is 0.161. The fourth-order valence-corrected chi connectivity index (χ4v) is 4.11. The first kappa shape index (κ1) is 17.5. The Hall–Kier alpha value is -2.32. The Morgan fingerprint density at radius 3 is 2.56 bits per heavy atom. The van der Waals surface area contributed by atoms with Gasteiger partial charge < -0.3 is 14.8 Å². The van der Waals surface area contributed by atoms with Crippen molar-refractivity contribution in [3.8, 4) is 0 Å². The largest absolute Gasteiger partial charge is 0.493 e. The molecule has 0 amide bonds. The molecule has 3 rings (SSSR count). The minimum absolute atomic E-state index is 0.161. The highest BCUT2D eigenvalue weighted by Gasteiger charge is 2.26. The van der Waals surface area contributed by atoms with Gasteiger partial charge in [0.2, 0.25) is 0 Å². The van der Waals surface area contributed by atoms with Crippen molar-refractivity contribution in [2.24, 2.45) is 10.9 Å². The zero-order chi connectivity index (χ0) is 17.8. The van der Waals surface area contributed by atoms with E-state index in [2.05, 4.69) is 47.3 Å². The number of anilines is 1. The van der Waals surface area contributed by atoms with Crippen LogP contribution in [0.3, 0.4) is 0 Å². The number of rotatable bonds is 5. The standard InChI is InChI=1S/C20H23N2O2P/c1-13-9-18(23-3)19(24-4)11-17-20(13)14(7-8-22-17)10-16-6-5-15(21-2)12-25-16/h5-9,11-12,20-21H,10H2,1-4H3. The maximum atomic E-state index is 5.49. The molecule has 1 aliphatic heterocycles. The van der Waals surface area contributed by atoms with Gasteiger partial charge in [-0.15, -0.1) is 0 Å². The normalized spacial score (nSPS) is 19.7. The van der Waals surface area contributed by atoms with Crippen LogP contribution in [-0.4, -0.2) is 27.5 Å². The fraction of sp³-hybridized carbons (Fsp3) is 0.300. The lowest BCUT2D eigenvalue weighted by molar-refractivity contribution is 0.241. The number of fused-ring (bicyclic) bond motifs is 1. The highest BCUT2D eigenvalue weighted by Crippen LogP contribution is 2.38. The summed E-state index contributed by atoms with van der Waals surface area (Å²) >= 11 is 0. The molecular weight excluding hydrogens is 331 g/mol. The number of hydrogen-bond acceptors (Lipinski definition) is 4. The smallest absolute Gasteiger partial charge is 0.162 e. The van der Waals surface area contributed by atoms with Gasteiger partial charge in [0.1, 0.15) is 0 Å². The second-order valence-electron chi connectivity index (χ2n) is 6.01. The Balaban J connectivity index is 1.93. The van der Waals surface area contributed by atoms with E-state index in [9.17, 15) is 0 Å². The van der Waals surface area contributed by atoms with Crippen molar-refractivity contribution in [3.05, 3.63) is 69.8 Å². The fourth-order valence-electron chi connectivity index (χ4n) is 3.16. The summed E-state index contributed by atoms with van der Waals surface area (Å²) in [5, 5.41) is 4.56. The second kappa shape index (κ2) is 7.71. The summed E-state index contributed by atoms with van der Waals surface area (Å²) in [6, 6.07) is 4.34. The van der Waals surface area contributed by atoms with Gasteiger partial charge in [-0.3, -0.25) is 4.99 Å². The maximum Gasteiger partial charge on any atom is 0.162 e. The Bertz CT molecular complexity index is 801. The second-order valence-corrected chi connectivity index (χ2v) is 7.10. The molecule has 0 aromatic carbocycles. The van der Waals surface area contributed by atoms with Gasteiger partial charge in [0.15, 0.2) is 11.5 Å². The van der Waals surface area contributed by atoms with E-state index in [0.29, 0.717) is 5.76 Å². The van der Waals surface area contributed by atoms with E-state index in [-0.39, 0.29) is 5.92 Å². The van der Waals surface area contributed by atoms with Gasteiger partial charge in [0, 0.05) is 30.9 Å². The van der Waals surface area contributed by atoms with Crippen LogP contribution in [0, 0.1) is 5.92 Å². The van der Waals surface area contributed by atoms with Gasteiger partial charge in [-0.1, -0.05) is 25.4 Å². The Morgan fingerprint density at radius 1 is 1.16 bits per heavy atom. The zero-order valence-corrected chi connectivity index (χ0v) is 15.9. The number of dihydropyridines is 1. The zero-order valence-electron chi connectivity index (χ0n) is 15.0. The Kier molecular flexibility index (Phi) is 5.40. The molecular formula is C20H23N2O2P. The monoisotopic (exact) mass is 354 g/mol. The number of allylic oxidation sites excluding steroid dienone is 4. The van der Waals surface area contributed by atoms with Gasteiger partial charge in [0.25, 0.3) is 0 Å². The number of nitrogens with zero attached hydrogens (tertiary/aromatic N) is 1. The van der Waals surface area contributed by atoms with E-state index in [1.54, 1.807) is 14.2 Å². The average Bonchev–Trinajstić information content (AvgIpc) is 2.79. The van der Waals surface area contributed by atoms with Crippen molar-refractivity contribution in [1.82, 2.24) is 0 Å². The van der Waals surface area contributed by atoms with Gasteiger partial charge >= 0.3 is 0 Å². The topological polar surface area (TPSA) is 42.9 Å². The third kappa shape index (κ3) is 3.69. The molecule has 25 heavy (non-hydrogen) atoms. The molecule has 1 aromatic rings. The molecule has 0 spiro atoms. The third-order valence-electron chi connectivity index (χ3n) is 4.45. The lowest BCUT2D eigenvalue weighted by Crippen LogP contribution is -2.13. The van der Waals surface area contributed by atoms with E-state index in [1.807, 2.05) is 19.3 Å². The maximum absolute atomic E-state index is 5.49. The molecule has 0 saturated carbocycles. The quantitative estimate of drug-likeness (QED) is 0.824. The van der Waals surface area contributed by atoms with Crippen molar-refractivity contribution in [2.45, 2.75) is 13.3 Å². The molecule has 2 heterocycles. The number of methoxy groups -OCH3 is 2. The third-order valence-corrected chi connectivity index (χ3v) is 5.50. The van der Waals surface area contributed by atoms with Crippen LogP contribution in [0.5, 0.6) is 0 Å². The van der Waals surface area contributed by atoms with Gasteiger partial charge in [0.05, 0.1) is 19.9 Å². The first-order chi connectivity index (χ1) is 12.2. The lowest BCUT2D eigenvalue weighted by atomic mass is 9.85. The molecule has 2 aliphatic rings. The molecule has 1 aromatic heterocycles. The van der Waals surface area contributed by atoms with Gasteiger partial charge in [-0.2, -0.15) is 0 Å². The summed E-state index contributed by atoms with van der Waals surface area (Å²) in [5.41, 5.74) is 4.71. The number of aliphatic imine (C=N–C) groups is 1. The van der Waals surface area contributed by atoms with Gasteiger partial charge in [-0.25, -0.2) is 0 Å². The molecule has 1 aliphatic carbocycles. The summed E-state index contributed by atoms with van der Waals surface area (Å²) < 4.78 is 11.0. The van der Waals surface area contributed by atoms with Gasteiger partial charge in [-0.05, 0) is 42.7 Å². The first-order valence-electron chi connectivity index (χ1n) is 8.24. The van der Waals surface area contributed by atoms with Crippen LogP contribution >= 0.6 is 8.19 Å². The molecule has 0 saturated heterocycles. The minimum Gasteiger partial charge on any atom is -0.493 e. The van der Waals surface area contributed by atoms with Crippen molar-refractivity contribution in [3.63, 3.8) is 0 Å². The summed E-state index contributed by atoms with van der Waals surface area (Å²) in [4.78, 5) is 4.60. The van der Waals surface area contributed by atoms with E-state index in [4.69, 9.17) is 9.47 Å². The summed E-state index contributed by atoms with van der Waals surface area (Å²) in [6.07, 6.45) is 8.99. The van der Waals surface area contributed by atoms with Crippen LogP contribution in [0.2, 0.25) is 0 Å². The number of hydrogen-bond donors (Lipinski definition) is 1.